The van der Waals surface area contributed by atoms with Gasteiger partial charge in [0.25, 0.3) is 0 Å². The van der Waals surface area contributed by atoms with Crippen LogP contribution in [0.3, 0.4) is 0 Å². The summed E-state index contributed by atoms with van der Waals surface area (Å²) in [4.78, 5) is 0. The molecule has 0 aliphatic heterocycles. The fraction of sp³-hybridized carbons (Fsp3) is 1.00. The molecule has 0 aromatic rings. The first-order valence-electron chi connectivity index (χ1n) is 2.11. The van der Waals surface area contributed by atoms with Crippen molar-refractivity contribution in [3.05, 3.63) is 0 Å². The molecular formula is C5H12HfO. The molecule has 42 valence electrons. The molecule has 0 amide bonds. The Morgan fingerprint density at radius 2 is 1.29 bits per heavy atom. The van der Waals surface area contributed by atoms with Crippen molar-refractivity contribution in [2.24, 2.45) is 0 Å². The largest absolute Gasteiger partial charge is 0.379 e. The van der Waals surface area contributed by atoms with Crippen molar-refractivity contribution in [3.63, 3.8) is 0 Å². The third-order valence-corrected chi connectivity index (χ3v) is 0.612. The molecule has 1 nitrogen and oxygen atoms in total. The van der Waals surface area contributed by atoms with Gasteiger partial charge in [-0.3, -0.25) is 0 Å². The minimum absolute atomic E-state index is 0. The van der Waals surface area contributed by atoms with Gasteiger partial charge in [0.15, 0.2) is 0 Å². The first kappa shape index (κ1) is 10.7. The molecule has 0 aliphatic carbocycles. The molecule has 0 spiro atoms. The van der Waals surface area contributed by atoms with Crippen molar-refractivity contribution in [2.75, 3.05) is 7.11 Å². The molecule has 0 radical (unpaired) electrons. The molecule has 0 bridgehead atoms. The zero-order valence-electron chi connectivity index (χ0n) is 5.41. The third-order valence-electron chi connectivity index (χ3n) is 0.612. The van der Waals surface area contributed by atoms with Gasteiger partial charge < -0.3 is 4.74 Å². The van der Waals surface area contributed by atoms with E-state index in [2.05, 4.69) is 0 Å². The van der Waals surface area contributed by atoms with Crippen molar-refractivity contribution in [1.82, 2.24) is 0 Å². The van der Waals surface area contributed by atoms with Gasteiger partial charge in [0, 0.05) is 33.0 Å². The van der Waals surface area contributed by atoms with E-state index in [4.69, 9.17) is 4.74 Å². The van der Waals surface area contributed by atoms with Gasteiger partial charge in [-0.2, -0.15) is 0 Å². The number of methoxy groups -OCH3 is 1. The predicted octanol–water partition coefficient (Wildman–Crippen LogP) is 1.43. The Hall–Kier alpha value is 0.830. The number of hydrogen-bond acceptors (Lipinski definition) is 1. The molecule has 7 heavy (non-hydrogen) atoms. The molecule has 2 heteroatoms. The SMILES string of the molecule is COC(C)(C)C.[Hf]. The van der Waals surface area contributed by atoms with Crippen LogP contribution in [-0.4, -0.2) is 12.7 Å². The summed E-state index contributed by atoms with van der Waals surface area (Å²) in [5, 5.41) is 0. The van der Waals surface area contributed by atoms with Crippen molar-refractivity contribution >= 4 is 0 Å². The molecule has 0 heterocycles. The van der Waals surface area contributed by atoms with E-state index < -0.39 is 0 Å². The standard InChI is InChI=1S/C5H12O.Hf/c1-5(2,3)6-4;/h1-4H3;. The van der Waals surface area contributed by atoms with Crippen LogP contribution in [0.15, 0.2) is 0 Å². The molecule has 0 unspecified atom stereocenters. The summed E-state index contributed by atoms with van der Waals surface area (Å²) in [6.45, 7) is 6.06. The van der Waals surface area contributed by atoms with E-state index in [0.717, 1.165) is 0 Å². The minimum Gasteiger partial charge on any atom is -0.379 e. The van der Waals surface area contributed by atoms with Gasteiger partial charge in [-0.05, 0) is 20.8 Å². The molecule has 0 aliphatic rings. The minimum atomic E-state index is 0. The quantitative estimate of drug-likeness (QED) is 0.603. The maximum atomic E-state index is 4.94. The number of hydrogen-bond donors (Lipinski definition) is 0. The van der Waals surface area contributed by atoms with Gasteiger partial charge in [-0.15, -0.1) is 0 Å². The Balaban J connectivity index is 0. The van der Waals surface area contributed by atoms with Gasteiger partial charge in [0.1, 0.15) is 0 Å². The number of rotatable bonds is 0. The Kier molecular flexibility index (Phi) is 5.81. The Labute approximate surface area is 64.2 Å². The second-order valence-electron chi connectivity index (χ2n) is 2.32. The zero-order chi connectivity index (χ0) is 5.21. The van der Waals surface area contributed by atoms with Gasteiger partial charge in [-0.1, -0.05) is 0 Å². The Morgan fingerprint density at radius 3 is 1.29 bits per heavy atom. The van der Waals surface area contributed by atoms with Gasteiger partial charge >= 0.3 is 0 Å². The van der Waals surface area contributed by atoms with Crippen LogP contribution in [0.2, 0.25) is 0 Å². The average molecular weight is 267 g/mol. The average Bonchev–Trinajstić information content (AvgIpc) is 1.35. The van der Waals surface area contributed by atoms with E-state index in [1.54, 1.807) is 7.11 Å². The Bertz CT molecular complexity index is 37.8. The van der Waals surface area contributed by atoms with Crippen molar-refractivity contribution in [2.45, 2.75) is 26.4 Å². The first-order valence-corrected chi connectivity index (χ1v) is 2.11. The topological polar surface area (TPSA) is 9.23 Å². The summed E-state index contributed by atoms with van der Waals surface area (Å²) in [5.41, 5.74) is 0.0417. The van der Waals surface area contributed by atoms with E-state index in [9.17, 15) is 0 Å². The second-order valence-corrected chi connectivity index (χ2v) is 2.32. The van der Waals surface area contributed by atoms with Crippen molar-refractivity contribution < 1.29 is 30.6 Å². The summed E-state index contributed by atoms with van der Waals surface area (Å²) >= 11 is 0. The van der Waals surface area contributed by atoms with Crippen LogP contribution in [0.25, 0.3) is 0 Å². The van der Waals surface area contributed by atoms with Gasteiger partial charge in [-0.25, -0.2) is 0 Å². The monoisotopic (exact) mass is 268 g/mol. The fourth-order valence-electron chi connectivity index (χ4n) is 0. The number of ether oxygens (including phenoxy) is 1. The van der Waals surface area contributed by atoms with E-state index in [-0.39, 0.29) is 31.4 Å². The fourth-order valence-corrected chi connectivity index (χ4v) is 0. The molecular weight excluding hydrogens is 255 g/mol. The summed E-state index contributed by atoms with van der Waals surface area (Å²) in [6.07, 6.45) is 0. The zero-order valence-corrected chi connectivity index (χ0v) is 9.00. The van der Waals surface area contributed by atoms with Crippen LogP contribution in [0.5, 0.6) is 0 Å². The van der Waals surface area contributed by atoms with Crippen LogP contribution < -0.4 is 0 Å². The van der Waals surface area contributed by atoms with Crippen molar-refractivity contribution in [3.8, 4) is 0 Å². The Morgan fingerprint density at radius 1 is 1.14 bits per heavy atom. The van der Waals surface area contributed by atoms with E-state index >= 15 is 0 Å². The maximum Gasteiger partial charge on any atom is 0.0594 e. The summed E-state index contributed by atoms with van der Waals surface area (Å²) in [6, 6.07) is 0. The predicted molar refractivity (Wildman–Crippen MR) is 26.8 cm³/mol. The summed E-state index contributed by atoms with van der Waals surface area (Å²) < 4.78 is 4.94. The maximum absolute atomic E-state index is 4.94. The molecule has 0 aromatic heterocycles. The van der Waals surface area contributed by atoms with Crippen LogP contribution in [0, 0.1) is 0 Å². The summed E-state index contributed by atoms with van der Waals surface area (Å²) in [7, 11) is 1.71. The molecule has 0 saturated heterocycles. The van der Waals surface area contributed by atoms with E-state index in [1.807, 2.05) is 20.8 Å². The van der Waals surface area contributed by atoms with E-state index in [0.29, 0.717) is 0 Å². The van der Waals surface area contributed by atoms with Crippen molar-refractivity contribution in [1.29, 1.82) is 0 Å². The molecule has 0 fully saturated rings. The van der Waals surface area contributed by atoms with Crippen LogP contribution in [-0.2, 0) is 30.6 Å². The summed E-state index contributed by atoms with van der Waals surface area (Å²) in [5.74, 6) is 0. The molecule has 0 aromatic carbocycles. The molecule has 0 rings (SSSR count). The first-order chi connectivity index (χ1) is 2.56. The molecule has 0 saturated carbocycles. The van der Waals surface area contributed by atoms with E-state index in [1.165, 1.54) is 0 Å². The smallest absolute Gasteiger partial charge is 0.0594 e. The van der Waals surface area contributed by atoms with Gasteiger partial charge in [0.2, 0.25) is 0 Å². The van der Waals surface area contributed by atoms with Crippen LogP contribution in [0.4, 0.5) is 0 Å². The normalized spacial score (nSPS) is 10.3. The molecule has 0 N–H and O–H groups in total. The van der Waals surface area contributed by atoms with Crippen LogP contribution in [0.1, 0.15) is 20.8 Å². The second kappa shape index (κ2) is 3.79. The third kappa shape index (κ3) is 10.9. The van der Waals surface area contributed by atoms with Crippen LogP contribution >= 0.6 is 0 Å². The van der Waals surface area contributed by atoms with Gasteiger partial charge in [0.05, 0.1) is 5.60 Å². The molecule has 0 atom stereocenters.